The van der Waals surface area contributed by atoms with E-state index in [1.807, 2.05) is 12.1 Å². The Morgan fingerprint density at radius 1 is 1.02 bits per heavy atom. The number of benzene rings is 1. The SMILES string of the molecule is CCCCc1nc2c(N)nc3ccccc3c2n1CC1CCN(CCCOCCOCCC(=O)NCCCCC(NC)C(C)=O)CC1. The number of hydrogen-bond acceptors (Lipinski definition) is 9. The maximum atomic E-state index is 12.0. The Labute approximate surface area is 280 Å². The number of nitrogens with two attached hydrogens (primary N) is 1. The highest BCUT2D eigenvalue weighted by atomic mass is 16.5. The molecule has 4 rings (SSSR count). The van der Waals surface area contributed by atoms with Gasteiger partial charge in [0.25, 0.3) is 0 Å². The molecule has 260 valence electrons. The van der Waals surface area contributed by atoms with Gasteiger partial charge in [0.15, 0.2) is 5.82 Å². The van der Waals surface area contributed by atoms with Crippen molar-refractivity contribution in [2.24, 2.45) is 5.92 Å². The molecule has 3 aromatic rings. The number of unbranched alkanes of at least 4 members (excludes halogenated alkanes) is 2. The lowest BCUT2D eigenvalue weighted by Gasteiger charge is -2.32. The number of Topliss-reactive ketones (excluding diaryl/α,β-unsaturated/α-hetero) is 1. The van der Waals surface area contributed by atoms with Gasteiger partial charge in [0, 0.05) is 44.5 Å². The molecule has 1 atom stereocenters. The summed E-state index contributed by atoms with van der Waals surface area (Å²) >= 11 is 0. The fraction of sp³-hybridized carbons (Fsp3) is 0.667. The molecule has 2 aromatic heterocycles. The van der Waals surface area contributed by atoms with E-state index in [-0.39, 0.29) is 17.7 Å². The third-order valence-corrected chi connectivity index (χ3v) is 9.28. The predicted molar refractivity (Wildman–Crippen MR) is 188 cm³/mol. The number of amides is 1. The Bertz CT molecular complexity index is 1400. The van der Waals surface area contributed by atoms with Crippen LogP contribution in [0.5, 0.6) is 0 Å². The average molecular weight is 652 g/mol. The van der Waals surface area contributed by atoms with Gasteiger partial charge in [0.1, 0.15) is 17.1 Å². The van der Waals surface area contributed by atoms with E-state index in [0.717, 1.165) is 98.9 Å². The van der Waals surface area contributed by atoms with Crippen LogP contribution < -0.4 is 16.4 Å². The molecule has 0 saturated carbocycles. The molecule has 0 spiro atoms. The lowest BCUT2D eigenvalue weighted by molar-refractivity contribution is -0.122. The number of nitrogen functional groups attached to an aromatic ring is 1. The summed E-state index contributed by atoms with van der Waals surface area (Å²) in [5.41, 5.74) is 9.31. The second-order valence-electron chi connectivity index (χ2n) is 12.9. The standard InChI is InChI=1S/C36H57N7O4/c1-4-5-14-32-41-34-35(29-11-6-7-13-31(29)40-36(34)37)43(32)26-28-15-20-42(21-16-28)19-10-22-46-24-25-47-23-17-33(45)39-18-9-8-12-30(38-3)27(2)44/h6-7,11,13,28,30,38H,4-5,8-10,12,14-26H2,1-3H3,(H2,37,40)(H,39,45). The lowest BCUT2D eigenvalue weighted by Crippen LogP contribution is -2.36. The van der Waals surface area contributed by atoms with Gasteiger partial charge < -0.3 is 35.3 Å². The second kappa shape index (κ2) is 19.6. The molecular formula is C36H57N7O4. The van der Waals surface area contributed by atoms with Gasteiger partial charge in [-0.25, -0.2) is 9.97 Å². The van der Waals surface area contributed by atoms with Crippen molar-refractivity contribution < 1.29 is 19.1 Å². The van der Waals surface area contributed by atoms with E-state index in [0.29, 0.717) is 51.1 Å². The molecule has 1 fully saturated rings. The molecule has 11 heteroatoms. The number of carbonyl (C=O) groups is 2. The van der Waals surface area contributed by atoms with Crippen molar-refractivity contribution in [2.45, 2.75) is 90.6 Å². The van der Waals surface area contributed by atoms with Crippen LogP contribution in [0.15, 0.2) is 24.3 Å². The molecule has 3 heterocycles. The second-order valence-corrected chi connectivity index (χ2v) is 12.9. The summed E-state index contributed by atoms with van der Waals surface area (Å²) in [5.74, 6) is 2.42. The van der Waals surface area contributed by atoms with Crippen LogP contribution in [0.2, 0.25) is 0 Å². The minimum absolute atomic E-state index is 0.00257. The minimum Gasteiger partial charge on any atom is -0.382 e. The molecule has 11 nitrogen and oxygen atoms in total. The van der Waals surface area contributed by atoms with Gasteiger partial charge in [-0.05, 0) is 84.0 Å². The van der Waals surface area contributed by atoms with Crippen LogP contribution in [0.1, 0.15) is 77.5 Å². The smallest absolute Gasteiger partial charge is 0.222 e. The maximum absolute atomic E-state index is 12.0. The van der Waals surface area contributed by atoms with Gasteiger partial charge in [-0.2, -0.15) is 0 Å². The number of anilines is 1. The number of piperidine rings is 1. The first-order chi connectivity index (χ1) is 22.9. The van der Waals surface area contributed by atoms with Gasteiger partial charge in [-0.1, -0.05) is 31.5 Å². The van der Waals surface area contributed by atoms with Crippen LogP contribution in [-0.4, -0.2) is 96.8 Å². The van der Waals surface area contributed by atoms with Crippen LogP contribution >= 0.6 is 0 Å². The number of likely N-dealkylation sites (N-methyl/N-ethyl adjacent to an activating group) is 1. The summed E-state index contributed by atoms with van der Waals surface area (Å²) in [6.07, 6.45) is 9.45. The zero-order valence-electron chi connectivity index (χ0n) is 28.9. The summed E-state index contributed by atoms with van der Waals surface area (Å²) in [6.45, 7) is 10.8. The Kier molecular flexibility index (Phi) is 15.3. The Hall–Kier alpha value is -3.12. The number of hydrogen-bond donors (Lipinski definition) is 3. The number of aryl methyl sites for hydroxylation is 1. The molecule has 0 aliphatic carbocycles. The van der Waals surface area contributed by atoms with Crippen molar-refractivity contribution in [1.82, 2.24) is 30.1 Å². The topological polar surface area (TPSA) is 137 Å². The highest BCUT2D eigenvalue weighted by Crippen LogP contribution is 2.31. The molecular weight excluding hydrogens is 594 g/mol. The van der Waals surface area contributed by atoms with Crippen LogP contribution in [0, 0.1) is 5.92 Å². The minimum atomic E-state index is -0.0929. The van der Waals surface area contributed by atoms with Crippen LogP contribution in [0.4, 0.5) is 5.82 Å². The number of carbonyl (C=O) groups excluding carboxylic acids is 2. The third-order valence-electron chi connectivity index (χ3n) is 9.28. The van der Waals surface area contributed by atoms with Crippen molar-refractivity contribution in [3.8, 4) is 0 Å². The molecule has 47 heavy (non-hydrogen) atoms. The van der Waals surface area contributed by atoms with Gasteiger partial charge >= 0.3 is 0 Å². The largest absolute Gasteiger partial charge is 0.382 e. The van der Waals surface area contributed by atoms with Crippen molar-refractivity contribution >= 4 is 39.4 Å². The molecule has 1 aliphatic heterocycles. The van der Waals surface area contributed by atoms with Gasteiger partial charge in [0.05, 0.1) is 36.9 Å². The van der Waals surface area contributed by atoms with Crippen molar-refractivity contribution in [1.29, 1.82) is 0 Å². The number of pyridine rings is 1. The van der Waals surface area contributed by atoms with E-state index in [2.05, 4.69) is 44.1 Å². The van der Waals surface area contributed by atoms with E-state index in [1.54, 1.807) is 14.0 Å². The maximum Gasteiger partial charge on any atom is 0.222 e. The molecule has 1 aromatic carbocycles. The number of para-hydroxylation sites is 1. The van der Waals surface area contributed by atoms with Gasteiger partial charge in [-0.3, -0.25) is 9.59 Å². The number of rotatable bonds is 22. The molecule has 1 saturated heterocycles. The van der Waals surface area contributed by atoms with E-state index >= 15 is 0 Å². The normalized spacial score (nSPS) is 15.0. The first kappa shape index (κ1) is 36.7. The summed E-state index contributed by atoms with van der Waals surface area (Å²) in [5, 5.41) is 7.08. The Morgan fingerprint density at radius 3 is 2.53 bits per heavy atom. The first-order valence-corrected chi connectivity index (χ1v) is 17.8. The summed E-state index contributed by atoms with van der Waals surface area (Å²) in [4.78, 5) is 35.6. The average Bonchev–Trinajstić information content (AvgIpc) is 3.43. The van der Waals surface area contributed by atoms with Crippen LogP contribution in [0.3, 0.4) is 0 Å². The van der Waals surface area contributed by atoms with Crippen LogP contribution in [0.25, 0.3) is 21.9 Å². The first-order valence-electron chi connectivity index (χ1n) is 17.8. The quantitative estimate of drug-likeness (QED) is 0.134. The van der Waals surface area contributed by atoms with Gasteiger partial charge in [0.2, 0.25) is 5.91 Å². The highest BCUT2D eigenvalue weighted by molar-refractivity contribution is 6.06. The van der Waals surface area contributed by atoms with E-state index in [9.17, 15) is 9.59 Å². The molecule has 4 N–H and O–H groups in total. The lowest BCUT2D eigenvalue weighted by atomic mass is 9.96. The molecule has 1 unspecified atom stereocenters. The van der Waals surface area contributed by atoms with Crippen LogP contribution in [-0.2, 0) is 32.0 Å². The van der Waals surface area contributed by atoms with E-state index < -0.39 is 0 Å². The monoisotopic (exact) mass is 651 g/mol. The summed E-state index contributed by atoms with van der Waals surface area (Å²) in [7, 11) is 1.80. The number of ketones is 1. The number of nitrogens with one attached hydrogen (secondary N) is 2. The molecule has 1 amide bonds. The number of likely N-dealkylation sites (tertiary alicyclic amines) is 1. The van der Waals surface area contributed by atoms with Crippen molar-refractivity contribution in [3.05, 3.63) is 30.1 Å². The van der Waals surface area contributed by atoms with E-state index in [1.165, 1.54) is 12.8 Å². The molecule has 0 bridgehead atoms. The molecule has 0 radical (unpaired) electrons. The van der Waals surface area contributed by atoms with E-state index in [4.69, 9.17) is 20.2 Å². The highest BCUT2D eigenvalue weighted by Gasteiger charge is 2.23. The van der Waals surface area contributed by atoms with Crippen molar-refractivity contribution in [2.75, 3.05) is 65.4 Å². The number of imidazole rings is 1. The third kappa shape index (κ3) is 11.2. The van der Waals surface area contributed by atoms with Gasteiger partial charge in [-0.15, -0.1) is 0 Å². The number of nitrogens with zero attached hydrogens (tertiary/aromatic N) is 4. The fourth-order valence-corrected chi connectivity index (χ4v) is 6.50. The number of ether oxygens (including phenoxy) is 2. The fourth-order valence-electron chi connectivity index (χ4n) is 6.50. The predicted octanol–water partition coefficient (Wildman–Crippen LogP) is 4.50. The Morgan fingerprint density at radius 2 is 1.79 bits per heavy atom. The number of aromatic nitrogens is 3. The summed E-state index contributed by atoms with van der Waals surface area (Å²) in [6, 6.07) is 8.18. The summed E-state index contributed by atoms with van der Waals surface area (Å²) < 4.78 is 13.8. The number of fused-ring (bicyclic) bond motifs is 3. The molecule has 1 aliphatic rings. The van der Waals surface area contributed by atoms with Crippen molar-refractivity contribution in [3.63, 3.8) is 0 Å². The Balaban J connectivity index is 1.07. The zero-order valence-corrected chi connectivity index (χ0v) is 28.9. The zero-order chi connectivity index (χ0) is 33.4.